The van der Waals surface area contributed by atoms with E-state index in [2.05, 4.69) is 91.2 Å². The van der Waals surface area contributed by atoms with Crippen LogP contribution in [0.2, 0.25) is 0 Å². The molecular formula is C38H44O3S. The fourth-order valence-electron chi connectivity index (χ4n) is 6.29. The maximum Gasteiger partial charge on any atom is 0.119 e. The topological polar surface area (TPSA) is 27.7 Å². The molecule has 0 amide bonds. The second-order valence-electron chi connectivity index (χ2n) is 11.9. The molecule has 0 aromatic heterocycles. The highest BCUT2D eigenvalue weighted by atomic mass is 32.3. The molecule has 42 heavy (non-hydrogen) atoms. The number of hydrogen-bond acceptors (Lipinski definition) is 3. The summed E-state index contributed by atoms with van der Waals surface area (Å²) in [5.74, 6) is 2.85. The lowest BCUT2D eigenvalue weighted by Crippen LogP contribution is -2.19. The predicted octanol–water partition coefficient (Wildman–Crippen LogP) is 10.6. The van der Waals surface area contributed by atoms with Crippen molar-refractivity contribution < 1.29 is 14.2 Å². The molecule has 4 heteroatoms. The lowest BCUT2D eigenvalue weighted by molar-refractivity contribution is 0.155. The lowest BCUT2D eigenvalue weighted by atomic mass is 9.98. The maximum absolute atomic E-state index is 6.38. The van der Waals surface area contributed by atoms with E-state index in [1.165, 1.54) is 84.5 Å². The van der Waals surface area contributed by atoms with Crippen LogP contribution in [0.15, 0.2) is 118 Å². The molecule has 0 saturated heterocycles. The van der Waals surface area contributed by atoms with Crippen LogP contribution < -0.4 is 14.2 Å². The molecule has 0 N–H and O–H groups in total. The van der Waals surface area contributed by atoms with Gasteiger partial charge in [-0.05, 0) is 151 Å². The average Bonchev–Trinajstić information content (AvgIpc) is 3.06. The molecule has 2 fully saturated rings. The first-order chi connectivity index (χ1) is 20.7. The van der Waals surface area contributed by atoms with Crippen molar-refractivity contribution in [1.82, 2.24) is 0 Å². The number of ether oxygens (including phenoxy) is 3. The Morgan fingerprint density at radius 3 is 1.33 bits per heavy atom. The van der Waals surface area contributed by atoms with Crippen LogP contribution in [-0.4, -0.2) is 18.5 Å². The van der Waals surface area contributed by atoms with Crippen molar-refractivity contribution in [1.29, 1.82) is 0 Å². The fraction of sp³-hybridized carbons (Fsp3) is 0.368. The van der Waals surface area contributed by atoms with Crippen LogP contribution in [0.3, 0.4) is 0 Å². The molecule has 2 saturated carbocycles. The number of benzene rings is 4. The molecule has 3 nitrogen and oxygen atoms in total. The summed E-state index contributed by atoms with van der Waals surface area (Å²) in [6.45, 7) is 0.565. The van der Waals surface area contributed by atoms with Gasteiger partial charge >= 0.3 is 0 Å². The molecule has 0 bridgehead atoms. The predicted molar refractivity (Wildman–Crippen MR) is 173 cm³/mol. The summed E-state index contributed by atoms with van der Waals surface area (Å²) >= 11 is 0. The van der Waals surface area contributed by atoms with Gasteiger partial charge in [-0.3, -0.25) is 0 Å². The van der Waals surface area contributed by atoms with Crippen LogP contribution in [-0.2, 0) is 6.61 Å². The third-order valence-corrected chi connectivity index (χ3v) is 12.5. The Labute approximate surface area is 253 Å². The van der Waals surface area contributed by atoms with Gasteiger partial charge in [0.25, 0.3) is 0 Å². The van der Waals surface area contributed by atoms with E-state index in [-0.39, 0.29) is 0 Å². The lowest BCUT2D eigenvalue weighted by Gasteiger charge is -2.38. The van der Waals surface area contributed by atoms with Crippen molar-refractivity contribution in [3.63, 3.8) is 0 Å². The molecule has 0 radical (unpaired) electrons. The molecular weight excluding hydrogens is 536 g/mol. The molecule has 0 spiro atoms. The van der Waals surface area contributed by atoms with Gasteiger partial charge in [-0.2, -0.15) is 10.0 Å². The highest BCUT2D eigenvalue weighted by Gasteiger charge is 2.27. The first kappa shape index (κ1) is 28.7. The van der Waals surface area contributed by atoms with E-state index in [1.807, 2.05) is 18.2 Å². The molecule has 0 unspecified atom stereocenters. The molecule has 0 atom stereocenters. The van der Waals surface area contributed by atoms with Gasteiger partial charge in [0, 0.05) is 0 Å². The van der Waals surface area contributed by atoms with Crippen LogP contribution in [0.4, 0.5) is 0 Å². The van der Waals surface area contributed by atoms with E-state index in [9.17, 15) is 0 Å². The molecule has 4 aromatic carbocycles. The van der Waals surface area contributed by atoms with Gasteiger partial charge in [0.05, 0.1) is 12.2 Å². The minimum absolute atomic E-state index is 0.350. The fourth-order valence-corrected chi connectivity index (χ4v) is 9.15. The van der Waals surface area contributed by atoms with Gasteiger partial charge in [0.15, 0.2) is 0 Å². The molecule has 0 aliphatic heterocycles. The van der Waals surface area contributed by atoms with Crippen LogP contribution in [0, 0.1) is 0 Å². The van der Waals surface area contributed by atoms with Crippen molar-refractivity contribution in [3.05, 3.63) is 109 Å². The third-order valence-electron chi connectivity index (χ3n) is 8.84. The second kappa shape index (κ2) is 13.7. The third kappa shape index (κ3) is 6.98. The van der Waals surface area contributed by atoms with Crippen molar-refractivity contribution in [2.24, 2.45) is 0 Å². The van der Waals surface area contributed by atoms with Crippen molar-refractivity contribution >= 4 is 10.0 Å². The summed E-state index contributed by atoms with van der Waals surface area (Å²) in [7, 11) is -1.53. The summed E-state index contributed by atoms with van der Waals surface area (Å²) in [4.78, 5) is 3.94. The Kier molecular flexibility index (Phi) is 9.40. The van der Waals surface area contributed by atoms with Crippen LogP contribution in [0.1, 0.15) is 69.8 Å². The highest BCUT2D eigenvalue weighted by Crippen LogP contribution is 2.66. The molecule has 0 heterocycles. The van der Waals surface area contributed by atoms with Gasteiger partial charge in [-0.15, -0.1) is 0 Å². The Bertz CT molecular complexity index is 1310. The number of hydrogen-bond donors (Lipinski definition) is 0. The minimum Gasteiger partial charge on any atom is -0.490 e. The molecule has 6 rings (SSSR count). The van der Waals surface area contributed by atoms with E-state index < -0.39 is 10.0 Å². The van der Waals surface area contributed by atoms with Gasteiger partial charge in [-0.25, -0.2) is 0 Å². The highest BCUT2D eigenvalue weighted by molar-refractivity contribution is 8.33. The van der Waals surface area contributed by atoms with Crippen molar-refractivity contribution in [3.8, 4) is 17.2 Å². The summed E-state index contributed by atoms with van der Waals surface area (Å²) in [5.41, 5.74) is 1.17. The van der Waals surface area contributed by atoms with Gasteiger partial charge in [0.1, 0.15) is 23.9 Å². The maximum atomic E-state index is 6.38. The zero-order chi connectivity index (χ0) is 28.6. The zero-order valence-corrected chi connectivity index (χ0v) is 25.7. The normalized spacial score (nSPS) is 17.0. The largest absolute Gasteiger partial charge is 0.490 e. The monoisotopic (exact) mass is 580 g/mol. The van der Waals surface area contributed by atoms with Gasteiger partial charge in [-0.1, -0.05) is 43.2 Å². The van der Waals surface area contributed by atoms with Crippen molar-refractivity contribution in [2.75, 3.05) is 6.26 Å². The van der Waals surface area contributed by atoms with Crippen LogP contribution >= 0.6 is 10.0 Å². The average molecular weight is 581 g/mol. The molecule has 2 aliphatic rings. The van der Waals surface area contributed by atoms with Crippen LogP contribution in [0.25, 0.3) is 0 Å². The standard InChI is InChI=1S/C38H44O3S/c1-42(37-25-19-34(20-26-37)40-32-13-7-3-8-14-32,38-27-21-35(22-28-38)41-33-15-9-4-10-16-33)36-23-17-31(18-24-36)39-29-30-11-5-2-6-12-30/h2,5-6,11-12,17-28,32-33H,3-4,7-10,13-16,29H2,1H3. The van der Waals surface area contributed by atoms with Crippen LogP contribution in [0.5, 0.6) is 17.2 Å². The summed E-state index contributed by atoms with van der Waals surface area (Å²) < 4.78 is 18.9. The summed E-state index contributed by atoms with van der Waals surface area (Å²) in [5, 5.41) is 0. The first-order valence-electron chi connectivity index (χ1n) is 15.8. The Hall–Kier alpha value is -3.37. The Morgan fingerprint density at radius 2 is 0.905 bits per heavy atom. The van der Waals surface area contributed by atoms with E-state index in [1.54, 1.807) is 0 Å². The van der Waals surface area contributed by atoms with E-state index in [0.29, 0.717) is 18.8 Å². The van der Waals surface area contributed by atoms with E-state index in [4.69, 9.17) is 14.2 Å². The SMILES string of the molecule is CS(c1ccc(OCc2ccccc2)cc1)(c1ccc(OC2CCCCC2)cc1)c1ccc(OC2CCCCC2)cc1. The minimum atomic E-state index is -1.53. The Balaban J connectivity index is 1.25. The second-order valence-corrected chi connectivity index (χ2v) is 15.1. The smallest absolute Gasteiger partial charge is 0.119 e. The van der Waals surface area contributed by atoms with E-state index in [0.717, 1.165) is 17.2 Å². The first-order valence-corrected chi connectivity index (χ1v) is 17.8. The van der Waals surface area contributed by atoms with E-state index >= 15 is 0 Å². The zero-order valence-electron chi connectivity index (χ0n) is 24.9. The quantitative estimate of drug-likeness (QED) is 0.187. The molecule has 4 aromatic rings. The summed E-state index contributed by atoms with van der Waals surface area (Å²) in [6, 6.07) is 36.8. The van der Waals surface area contributed by atoms with Gasteiger partial charge < -0.3 is 14.2 Å². The molecule has 220 valence electrons. The molecule has 2 aliphatic carbocycles. The summed E-state index contributed by atoms with van der Waals surface area (Å²) in [6.07, 6.45) is 15.5. The van der Waals surface area contributed by atoms with Gasteiger partial charge in [0.2, 0.25) is 0 Å². The number of rotatable bonds is 10. The van der Waals surface area contributed by atoms with Crippen molar-refractivity contribution in [2.45, 2.75) is 97.7 Å². The Morgan fingerprint density at radius 1 is 0.500 bits per heavy atom.